The number of carbonyl (C=O) groups is 3. The van der Waals surface area contributed by atoms with E-state index in [0.29, 0.717) is 12.8 Å². The highest BCUT2D eigenvalue weighted by Crippen LogP contribution is 2.55. The van der Waals surface area contributed by atoms with Crippen molar-refractivity contribution in [3.63, 3.8) is 0 Å². The van der Waals surface area contributed by atoms with Gasteiger partial charge in [0.2, 0.25) is 11.6 Å². The summed E-state index contributed by atoms with van der Waals surface area (Å²) in [4.78, 5) is 38.3. The van der Waals surface area contributed by atoms with E-state index in [1.54, 1.807) is 4.90 Å². The fourth-order valence-electron chi connectivity index (χ4n) is 4.32. The summed E-state index contributed by atoms with van der Waals surface area (Å²) in [6.45, 7) is 0.170. The van der Waals surface area contributed by atoms with Crippen molar-refractivity contribution in [2.24, 2.45) is 11.7 Å². The molecule has 25 heavy (non-hydrogen) atoms. The molecule has 132 valence electrons. The summed E-state index contributed by atoms with van der Waals surface area (Å²) in [6, 6.07) is -0.0724. The molecule has 3 heterocycles. The zero-order chi connectivity index (χ0) is 18.1. The predicted octanol–water partition coefficient (Wildman–Crippen LogP) is -1.42. The van der Waals surface area contributed by atoms with Gasteiger partial charge in [0, 0.05) is 25.3 Å². The normalized spacial score (nSPS) is 37.3. The molecule has 3 aliphatic heterocycles. The quantitative estimate of drug-likeness (QED) is 0.274. The van der Waals surface area contributed by atoms with Crippen LogP contribution in [0.1, 0.15) is 0 Å². The second kappa shape index (κ2) is 4.90. The third-order valence-corrected chi connectivity index (χ3v) is 5.36. The highest BCUT2D eigenvalue weighted by Gasteiger charge is 2.73. The molecule has 0 spiro atoms. The summed E-state index contributed by atoms with van der Waals surface area (Å²) >= 11 is 0. The number of nitrogens with zero attached hydrogens (tertiary/aromatic N) is 1. The smallest absolute Gasteiger partial charge is 0.404 e. The molecular weight excluding hydrogens is 332 g/mol. The van der Waals surface area contributed by atoms with Crippen molar-refractivity contribution < 1.29 is 29.0 Å². The Hall–Kier alpha value is -2.72. The van der Waals surface area contributed by atoms with Crippen LogP contribution in [0.4, 0.5) is 4.79 Å². The van der Waals surface area contributed by atoms with Crippen LogP contribution in [0.15, 0.2) is 23.1 Å². The number of nitrogens with two attached hydrogens (primary N) is 1. The van der Waals surface area contributed by atoms with E-state index in [1.165, 1.54) is 7.11 Å². The number of piperazine rings is 1. The second-order valence-corrected chi connectivity index (χ2v) is 6.34. The van der Waals surface area contributed by atoms with E-state index < -0.39 is 35.0 Å². The first-order valence-electron chi connectivity index (χ1n) is 7.66. The number of rotatable bonds is 3. The minimum absolute atomic E-state index is 0.0656. The Kier molecular flexibility index (Phi) is 3.09. The Labute approximate surface area is 141 Å². The average molecular weight is 348 g/mol. The third kappa shape index (κ3) is 1.75. The van der Waals surface area contributed by atoms with Gasteiger partial charge in [0.25, 0.3) is 0 Å². The first-order chi connectivity index (χ1) is 11.9. The topological polar surface area (TPSA) is 165 Å². The van der Waals surface area contributed by atoms with Gasteiger partial charge in [0.15, 0.2) is 5.72 Å². The molecule has 0 unspecified atom stereocenters. The van der Waals surface area contributed by atoms with E-state index in [2.05, 4.69) is 5.32 Å². The second-order valence-electron chi connectivity index (χ2n) is 6.34. The summed E-state index contributed by atoms with van der Waals surface area (Å²) in [5.41, 5.74) is 3.17. The first kappa shape index (κ1) is 15.8. The number of aliphatic hydroxyl groups excluding tert-OH is 1. The highest BCUT2D eigenvalue weighted by atomic mass is 16.6. The van der Waals surface area contributed by atoms with Crippen LogP contribution in [0.3, 0.4) is 0 Å². The molecule has 4 aliphatic rings. The number of ketones is 2. The van der Waals surface area contributed by atoms with Crippen molar-refractivity contribution >= 4 is 23.4 Å². The number of hydrogen-bond acceptors (Lipinski definition) is 9. The Morgan fingerprint density at radius 3 is 2.84 bits per heavy atom. The lowest BCUT2D eigenvalue weighted by Crippen LogP contribution is -2.55. The molecule has 0 radical (unpaired) electrons. The summed E-state index contributed by atoms with van der Waals surface area (Å²) < 4.78 is 10.7. The largest absolute Gasteiger partial charge is 0.515 e. The molecule has 4 rings (SSSR count). The number of aliphatic hydroxyl groups is 1. The summed E-state index contributed by atoms with van der Waals surface area (Å²) in [5.74, 6) is -2.09. The van der Waals surface area contributed by atoms with Crippen molar-refractivity contribution in [2.75, 3.05) is 20.3 Å². The maximum absolute atomic E-state index is 12.8. The van der Waals surface area contributed by atoms with Gasteiger partial charge in [-0.2, -0.15) is 0 Å². The average Bonchev–Trinajstić information content (AvgIpc) is 3.18. The molecule has 5 N–H and O–H groups in total. The van der Waals surface area contributed by atoms with Crippen LogP contribution in [0, 0.1) is 11.3 Å². The molecule has 0 aromatic heterocycles. The van der Waals surface area contributed by atoms with E-state index in [0.717, 1.165) is 0 Å². The van der Waals surface area contributed by atoms with Gasteiger partial charge in [-0.15, -0.1) is 0 Å². The van der Waals surface area contributed by atoms with Crippen molar-refractivity contribution in [2.45, 2.75) is 17.8 Å². The van der Waals surface area contributed by atoms with Crippen LogP contribution in [-0.4, -0.2) is 71.4 Å². The lowest BCUT2D eigenvalue weighted by molar-refractivity contribution is -0.136. The zero-order valence-electron chi connectivity index (χ0n) is 13.2. The molecule has 0 saturated carbocycles. The number of hydrogen-bond donors (Lipinski definition) is 4. The minimum Gasteiger partial charge on any atom is -0.515 e. The first-order valence-corrected chi connectivity index (χ1v) is 7.66. The Balaban J connectivity index is 1.88. The van der Waals surface area contributed by atoms with Crippen LogP contribution in [0.25, 0.3) is 0 Å². The van der Waals surface area contributed by atoms with Crippen LogP contribution in [0.2, 0.25) is 0 Å². The van der Waals surface area contributed by atoms with Gasteiger partial charge in [0.05, 0.1) is 29.5 Å². The fourth-order valence-corrected chi connectivity index (χ4v) is 4.32. The number of nitrogens with one attached hydrogen (secondary N) is 2. The minimum atomic E-state index is -1.08. The van der Waals surface area contributed by atoms with Gasteiger partial charge < -0.3 is 30.5 Å². The molecule has 10 heteroatoms. The summed E-state index contributed by atoms with van der Waals surface area (Å²) in [7, 11) is 1.45. The van der Waals surface area contributed by atoms with Gasteiger partial charge in [-0.1, -0.05) is 0 Å². The van der Waals surface area contributed by atoms with E-state index in [4.69, 9.17) is 20.6 Å². The van der Waals surface area contributed by atoms with Crippen LogP contribution < -0.4 is 11.1 Å². The molecule has 2 saturated heterocycles. The van der Waals surface area contributed by atoms with Crippen LogP contribution in [0.5, 0.6) is 0 Å². The number of carbonyl (C=O) groups excluding carboxylic acids is 3. The Bertz CT molecular complexity index is 802. The number of fused-ring (bicyclic) bond motifs is 4. The molecule has 4 atom stereocenters. The monoisotopic (exact) mass is 348 g/mol. The number of primary amides is 1. The SMILES string of the molecule is CO[C@@]12[C@H](COC(N)=O)C3=C(C(=O)/C(=C/O)C(=N)C3=O)N1C[C@@H]1N[C@@H]12. The summed E-state index contributed by atoms with van der Waals surface area (Å²) in [6.07, 6.45) is -0.533. The molecule has 0 aromatic carbocycles. The number of amides is 1. The standard InChI is InChI=1S/C15H16N4O6/c1-24-15-6(4-25-14(17)23)8-10(19(15)2-7-13(15)18-7)11(21)5(3-20)9(16)12(8)22/h3,6-7,13,16,18,20H,2,4H2,1H3,(H2,17,23)/b5-3+,16-9?/t6-,7+,13+,15-/m1/s1. The fraction of sp³-hybridized carbons (Fsp3) is 0.467. The van der Waals surface area contributed by atoms with E-state index in [9.17, 15) is 19.5 Å². The van der Waals surface area contributed by atoms with Crippen LogP contribution in [-0.2, 0) is 19.1 Å². The van der Waals surface area contributed by atoms with Gasteiger partial charge in [-0.3, -0.25) is 15.0 Å². The number of Topliss-reactive ketones (excluding diaryl/α,β-unsaturated/α-hetero) is 2. The van der Waals surface area contributed by atoms with E-state index >= 15 is 0 Å². The van der Waals surface area contributed by atoms with Gasteiger partial charge >= 0.3 is 6.09 Å². The predicted molar refractivity (Wildman–Crippen MR) is 81.7 cm³/mol. The Morgan fingerprint density at radius 1 is 1.52 bits per heavy atom. The number of allylic oxidation sites excluding steroid dienone is 1. The van der Waals surface area contributed by atoms with Crippen molar-refractivity contribution in [3.8, 4) is 0 Å². The third-order valence-electron chi connectivity index (χ3n) is 5.36. The number of ether oxygens (including phenoxy) is 2. The van der Waals surface area contributed by atoms with Gasteiger partial charge in [0.1, 0.15) is 12.3 Å². The summed E-state index contributed by atoms with van der Waals surface area (Å²) in [5, 5.41) is 20.4. The van der Waals surface area contributed by atoms with Gasteiger partial charge in [-0.25, -0.2) is 4.79 Å². The van der Waals surface area contributed by atoms with E-state index in [-0.39, 0.29) is 35.5 Å². The lowest BCUT2D eigenvalue weighted by Gasteiger charge is -2.39. The van der Waals surface area contributed by atoms with E-state index in [1.807, 2.05) is 0 Å². The van der Waals surface area contributed by atoms with Crippen molar-refractivity contribution in [3.05, 3.63) is 23.1 Å². The highest BCUT2D eigenvalue weighted by molar-refractivity contribution is 6.59. The molecule has 10 nitrogen and oxygen atoms in total. The maximum atomic E-state index is 12.8. The lowest BCUT2D eigenvalue weighted by atomic mass is 9.81. The molecule has 1 aliphatic carbocycles. The van der Waals surface area contributed by atoms with Gasteiger partial charge in [-0.05, 0) is 0 Å². The maximum Gasteiger partial charge on any atom is 0.404 e. The molecule has 0 bridgehead atoms. The molecular formula is C15H16N4O6. The number of methoxy groups -OCH3 is 1. The molecule has 0 aromatic rings. The Morgan fingerprint density at radius 2 is 2.24 bits per heavy atom. The zero-order valence-corrected chi connectivity index (χ0v) is 13.2. The molecule has 2 fully saturated rings. The van der Waals surface area contributed by atoms with Crippen LogP contribution >= 0.6 is 0 Å². The molecule has 1 amide bonds. The van der Waals surface area contributed by atoms with Crippen molar-refractivity contribution in [1.29, 1.82) is 5.41 Å². The van der Waals surface area contributed by atoms with Crippen molar-refractivity contribution in [1.82, 2.24) is 10.2 Å².